The molecule has 2 aromatic carbocycles. The average molecular weight is 558 g/mol. The van der Waals surface area contributed by atoms with Gasteiger partial charge in [-0.05, 0) is 37.1 Å². The van der Waals surface area contributed by atoms with Crippen molar-refractivity contribution in [3.05, 3.63) is 63.7 Å². The van der Waals surface area contributed by atoms with Gasteiger partial charge in [-0.25, -0.2) is 14.5 Å². The molecule has 4 aromatic rings. The molecule has 2 aromatic heterocycles. The number of ether oxygens (including phenoxy) is 3. The number of imidazole rings is 1. The van der Waals surface area contributed by atoms with Gasteiger partial charge in [0, 0.05) is 23.4 Å². The summed E-state index contributed by atoms with van der Waals surface area (Å²) in [7, 11) is 1.24. The molecule has 0 atom stereocenters. The number of esters is 1. The van der Waals surface area contributed by atoms with Crippen LogP contribution in [0.5, 0.6) is 11.5 Å². The van der Waals surface area contributed by atoms with E-state index < -0.39 is 30.3 Å². The van der Waals surface area contributed by atoms with Crippen LogP contribution in [0.15, 0.2) is 47.5 Å². The summed E-state index contributed by atoms with van der Waals surface area (Å²) in [6.07, 6.45) is -1.06. The average Bonchev–Trinajstić information content (AvgIpc) is 3.49. The molecular weight excluding hydrogens is 540 g/mol. The summed E-state index contributed by atoms with van der Waals surface area (Å²) in [6.45, 7) is -0.455. The largest absolute Gasteiger partial charge is 0.586 e. The topological polar surface area (TPSA) is 129 Å². The van der Waals surface area contributed by atoms with E-state index >= 15 is 0 Å². The number of nitrogens with one attached hydrogen (secondary N) is 1. The van der Waals surface area contributed by atoms with Crippen LogP contribution in [0, 0.1) is 0 Å². The SMILES string of the molecule is COC(=O)c1ccc(-c2nn(CC(=O)N(c3ccc4c(c3)OC(F)(F)O4)C3CC3)c(=O)c3nc[nH]c23)cc1Cl. The van der Waals surface area contributed by atoms with Crippen molar-refractivity contribution in [2.75, 3.05) is 12.0 Å². The van der Waals surface area contributed by atoms with Crippen molar-refractivity contribution in [1.82, 2.24) is 19.7 Å². The molecule has 1 aliphatic carbocycles. The van der Waals surface area contributed by atoms with Crippen LogP contribution >= 0.6 is 11.6 Å². The van der Waals surface area contributed by atoms with Crippen LogP contribution in [-0.2, 0) is 16.1 Å². The van der Waals surface area contributed by atoms with E-state index in [2.05, 4.69) is 24.5 Å². The van der Waals surface area contributed by atoms with Crippen LogP contribution in [0.4, 0.5) is 14.5 Å². The highest BCUT2D eigenvalue weighted by Crippen LogP contribution is 2.44. The minimum absolute atomic E-state index is 0.0456. The second-order valence-corrected chi connectivity index (χ2v) is 9.32. The van der Waals surface area contributed by atoms with Crippen molar-refractivity contribution in [2.45, 2.75) is 31.7 Å². The zero-order valence-corrected chi connectivity index (χ0v) is 20.9. The molecule has 1 saturated carbocycles. The molecule has 0 bridgehead atoms. The molecule has 200 valence electrons. The number of H-pyrrole nitrogens is 1. The third-order valence-corrected chi connectivity index (χ3v) is 6.62. The molecule has 1 aliphatic heterocycles. The maximum Gasteiger partial charge on any atom is 0.586 e. The number of anilines is 1. The van der Waals surface area contributed by atoms with E-state index in [4.69, 9.17) is 16.3 Å². The summed E-state index contributed by atoms with van der Waals surface area (Å²) in [5.74, 6) is -1.44. The van der Waals surface area contributed by atoms with E-state index in [1.54, 1.807) is 6.07 Å². The standard InChI is InChI=1S/C25H18ClF2N5O6/c1-37-24(36)15-6-2-12(8-16(15)26)20-21-22(30-11-29-21)23(35)32(31-20)10-19(34)33(13-3-4-13)14-5-7-17-18(9-14)39-25(27,28)38-17/h2,5-9,11,13H,3-4,10H2,1H3,(H,29,30). The number of hydrogen-bond acceptors (Lipinski definition) is 8. The Hall–Kier alpha value is -4.52. The van der Waals surface area contributed by atoms with E-state index in [0.717, 1.165) is 4.68 Å². The molecule has 6 rings (SSSR count). The molecule has 1 N–H and O–H groups in total. The number of aromatic nitrogens is 4. The number of aromatic amines is 1. The lowest BCUT2D eigenvalue weighted by atomic mass is 10.1. The summed E-state index contributed by atoms with van der Waals surface area (Å²) < 4.78 is 41.7. The Morgan fingerprint density at radius 3 is 2.69 bits per heavy atom. The summed E-state index contributed by atoms with van der Waals surface area (Å²) >= 11 is 6.29. The number of halogens is 3. The van der Waals surface area contributed by atoms with Gasteiger partial charge in [0.25, 0.3) is 5.56 Å². The van der Waals surface area contributed by atoms with Crippen LogP contribution in [0.2, 0.25) is 5.02 Å². The lowest BCUT2D eigenvalue weighted by Gasteiger charge is -2.23. The Morgan fingerprint density at radius 1 is 1.21 bits per heavy atom. The second-order valence-electron chi connectivity index (χ2n) is 8.92. The van der Waals surface area contributed by atoms with Crippen LogP contribution in [0.3, 0.4) is 0 Å². The van der Waals surface area contributed by atoms with E-state index in [9.17, 15) is 23.2 Å². The number of carbonyl (C=O) groups excluding carboxylic acids is 2. The lowest BCUT2D eigenvalue weighted by Crippen LogP contribution is -2.39. The van der Waals surface area contributed by atoms with Gasteiger partial charge in [-0.2, -0.15) is 5.10 Å². The summed E-state index contributed by atoms with van der Waals surface area (Å²) in [4.78, 5) is 47.0. The van der Waals surface area contributed by atoms with E-state index in [0.29, 0.717) is 29.6 Å². The highest BCUT2D eigenvalue weighted by molar-refractivity contribution is 6.34. The molecule has 0 spiro atoms. The monoisotopic (exact) mass is 557 g/mol. The van der Waals surface area contributed by atoms with Crippen molar-refractivity contribution in [1.29, 1.82) is 0 Å². The van der Waals surface area contributed by atoms with Gasteiger partial charge in [0.2, 0.25) is 5.91 Å². The number of alkyl halides is 2. The predicted molar refractivity (Wildman–Crippen MR) is 133 cm³/mol. The van der Waals surface area contributed by atoms with Gasteiger partial charge in [-0.15, -0.1) is 8.78 Å². The van der Waals surface area contributed by atoms with Gasteiger partial charge in [0.15, 0.2) is 17.0 Å². The van der Waals surface area contributed by atoms with E-state index in [1.165, 1.54) is 48.7 Å². The fourth-order valence-corrected chi connectivity index (χ4v) is 4.66. The number of fused-ring (bicyclic) bond motifs is 2. The number of benzene rings is 2. The van der Waals surface area contributed by atoms with Crippen molar-refractivity contribution in [3.8, 4) is 22.8 Å². The first-order chi connectivity index (χ1) is 18.6. The molecule has 39 heavy (non-hydrogen) atoms. The number of amides is 1. The minimum atomic E-state index is -3.79. The summed E-state index contributed by atoms with van der Waals surface area (Å²) in [6, 6.07) is 8.44. The molecule has 14 heteroatoms. The molecule has 1 fully saturated rings. The second kappa shape index (κ2) is 9.05. The fourth-order valence-electron chi connectivity index (χ4n) is 4.41. The molecule has 3 heterocycles. The Balaban J connectivity index is 1.36. The number of hydrogen-bond donors (Lipinski definition) is 1. The zero-order chi connectivity index (χ0) is 27.5. The molecule has 0 radical (unpaired) electrons. The van der Waals surface area contributed by atoms with Gasteiger partial charge < -0.3 is 24.1 Å². The maximum absolute atomic E-state index is 13.5. The Bertz CT molecular complexity index is 1720. The molecule has 11 nitrogen and oxygen atoms in total. The third kappa shape index (κ3) is 4.44. The number of methoxy groups -OCH3 is 1. The summed E-state index contributed by atoms with van der Waals surface area (Å²) in [5, 5.41) is 4.53. The van der Waals surface area contributed by atoms with Crippen LogP contribution < -0.4 is 19.9 Å². The molecule has 2 aliphatic rings. The third-order valence-electron chi connectivity index (χ3n) is 6.31. The van der Waals surface area contributed by atoms with Crippen molar-refractivity contribution >= 4 is 40.2 Å². The molecular formula is C25H18ClF2N5O6. The van der Waals surface area contributed by atoms with Crippen LogP contribution in [0.25, 0.3) is 22.3 Å². The normalized spacial score (nSPS) is 15.4. The van der Waals surface area contributed by atoms with Crippen LogP contribution in [0.1, 0.15) is 23.2 Å². The van der Waals surface area contributed by atoms with E-state index in [-0.39, 0.29) is 39.3 Å². The number of carbonyl (C=O) groups is 2. The number of nitrogens with zero attached hydrogens (tertiary/aromatic N) is 4. The van der Waals surface area contributed by atoms with Crippen molar-refractivity contribution < 1.29 is 32.6 Å². The first-order valence-electron chi connectivity index (χ1n) is 11.7. The van der Waals surface area contributed by atoms with Crippen molar-refractivity contribution in [2.24, 2.45) is 0 Å². The van der Waals surface area contributed by atoms with Gasteiger partial charge >= 0.3 is 12.3 Å². The first-order valence-corrected chi connectivity index (χ1v) is 12.1. The maximum atomic E-state index is 13.5. The highest BCUT2D eigenvalue weighted by Gasteiger charge is 2.44. The lowest BCUT2D eigenvalue weighted by molar-refractivity contribution is -0.286. The van der Waals surface area contributed by atoms with Gasteiger partial charge in [-0.1, -0.05) is 17.7 Å². The number of rotatable bonds is 6. The Kier molecular flexibility index (Phi) is 5.75. The zero-order valence-electron chi connectivity index (χ0n) is 20.1. The molecule has 0 unspecified atom stereocenters. The Morgan fingerprint density at radius 2 is 1.97 bits per heavy atom. The van der Waals surface area contributed by atoms with Gasteiger partial charge in [0.05, 0.1) is 29.5 Å². The molecule has 1 amide bonds. The first kappa shape index (κ1) is 24.8. The fraction of sp³-hybridized carbons (Fsp3) is 0.240. The molecule has 0 saturated heterocycles. The highest BCUT2D eigenvalue weighted by atomic mass is 35.5. The van der Waals surface area contributed by atoms with E-state index in [1.807, 2.05) is 0 Å². The Labute approximate surface area is 222 Å². The minimum Gasteiger partial charge on any atom is -0.465 e. The van der Waals surface area contributed by atoms with Crippen LogP contribution in [-0.4, -0.2) is 51.1 Å². The van der Waals surface area contributed by atoms with Gasteiger partial charge in [0.1, 0.15) is 12.2 Å². The van der Waals surface area contributed by atoms with Crippen molar-refractivity contribution in [3.63, 3.8) is 0 Å². The smallest absolute Gasteiger partial charge is 0.465 e. The predicted octanol–water partition coefficient (Wildman–Crippen LogP) is 3.74. The van der Waals surface area contributed by atoms with Gasteiger partial charge in [-0.3, -0.25) is 9.59 Å². The summed E-state index contributed by atoms with van der Waals surface area (Å²) in [5.41, 5.74) is 0.957. The quantitative estimate of drug-likeness (QED) is 0.355.